The normalized spacial score (nSPS) is 14.6. The number of hydrogen-bond acceptors (Lipinski definition) is 3. The van der Waals surface area contributed by atoms with Gasteiger partial charge in [-0.1, -0.05) is 176 Å². The third kappa shape index (κ3) is 5.40. The molecule has 0 fully saturated rings. The molecular weight excluding hydrogens is 849 g/mol. The van der Waals surface area contributed by atoms with Gasteiger partial charge in [-0.15, -0.1) is 0 Å². The van der Waals surface area contributed by atoms with Crippen molar-refractivity contribution in [2.45, 2.75) is 5.41 Å². The molecular formula is C67H42N2O. The van der Waals surface area contributed by atoms with Gasteiger partial charge >= 0.3 is 0 Å². The summed E-state index contributed by atoms with van der Waals surface area (Å²) in [5.74, 6) is 0. The Balaban J connectivity index is 1.01. The van der Waals surface area contributed by atoms with Crippen LogP contribution in [0.25, 0.3) is 77.6 Å². The van der Waals surface area contributed by atoms with Crippen molar-refractivity contribution in [1.29, 1.82) is 0 Å². The van der Waals surface area contributed by atoms with Gasteiger partial charge in [-0.3, -0.25) is 0 Å². The summed E-state index contributed by atoms with van der Waals surface area (Å²) in [5, 5.41) is 2.26. The molecule has 0 bridgehead atoms. The van der Waals surface area contributed by atoms with Crippen LogP contribution in [0, 0.1) is 0 Å². The minimum Gasteiger partial charge on any atom is -0.456 e. The Labute approximate surface area is 406 Å². The Bertz CT molecular complexity index is 4090. The molecule has 0 N–H and O–H groups in total. The van der Waals surface area contributed by atoms with Gasteiger partial charge in [-0.2, -0.15) is 0 Å². The SMILES string of the molecule is c1ccc(N(c2ccc3c(c2)-c2ccccc2-c2ccccc2N3c2ccccc2)c2ccc3c(c2)-c2ccccc2-c2ccccc2C32c3ccccc3-c3cc4oc5ccccc5c4cc32)cc1. The number of nitrogens with zero attached hydrogens (tertiary/aromatic N) is 2. The molecule has 0 radical (unpaired) electrons. The van der Waals surface area contributed by atoms with E-state index in [9.17, 15) is 0 Å². The molecule has 2 aliphatic carbocycles. The van der Waals surface area contributed by atoms with Gasteiger partial charge in [0.1, 0.15) is 11.2 Å². The summed E-state index contributed by atoms with van der Waals surface area (Å²) in [5.41, 5.74) is 25.0. The lowest BCUT2D eigenvalue weighted by molar-refractivity contribution is 0.668. The van der Waals surface area contributed by atoms with E-state index in [2.05, 4.69) is 265 Å². The number of benzene rings is 11. The lowest BCUT2D eigenvalue weighted by Crippen LogP contribution is -2.29. The molecule has 1 spiro atoms. The number of anilines is 6. The average molecular weight is 891 g/mol. The first-order chi connectivity index (χ1) is 34.7. The highest BCUT2D eigenvalue weighted by atomic mass is 16.3. The van der Waals surface area contributed by atoms with Crippen molar-refractivity contribution in [3.63, 3.8) is 0 Å². The molecule has 15 rings (SSSR count). The highest BCUT2D eigenvalue weighted by Gasteiger charge is 2.50. The van der Waals surface area contributed by atoms with Gasteiger partial charge in [0.25, 0.3) is 0 Å². The third-order valence-electron chi connectivity index (χ3n) is 15.2. The second-order valence-corrected chi connectivity index (χ2v) is 18.7. The van der Waals surface area contributed by atoms with Crippen LogP contribution < -0.4 is 9.80 Å². The second-order valence-electron chi connectivity index (χ2n) is 18.7. The van der Waals surface area contributed by atoms with E-state index < -0.39 is 5.41 Å². The number of hydrogen-bond donors (Lipinski definition) is 0. The van der Waals surface area contributed by atoms with Crippen LogP contribution >= 0.6 is 0 Å². The summed E-state index contributed by atoms with van der Waals surface area (Å²) >= 11 is 0. The molecule has 2 heterocycles. The molecule has 1 aliphatic heterocycles. The Morgan fingerprint density at radius 2 is 0.771 bits per heavy atom. The van der Waals surface area contributed by atoms with E-state index in [1.54, 1.807) is 0 Å². The lowest BCUT2D eigenvalue weighted by Gasteiger charge is -2.36. The number of rotatable bonds is 4. The van der Waals surface area contributed by atoms with Crippen molar-refractivity contribution < 1.29 is 4.42 Å². The van der Waals surface area contributed by atoms with Crippen molar-refractivity contribution in [2.24, 2.45) is 0 Å². The zero-order valence-electron chi connectivity index (χ0n) is 38.1. The van der Waals surface area contributed by atoms with E-state index in [-0.39, 0.29) is 0 Å². The van der Waals surface area contributed by atoms with Gasteiger partial charge in [-0.05, 0) is 146 Å². The summed E-state index contributed by atoms with van der Waals surface area (Å²) in [6.45, 7) is 0. The highest BCUT2D eigenvalue weighted by Crippen LogP contribution is 2.63. The zero-order chi connectivity index (χ0) is 45.9. The first-order valence-corrected chi connectivity index (χ1v) is 24.2. The van der Waals surface area contributed by atoms with Crippen LogP contribution in [0.2, 0.25) is 0 Å². The van der Waals surface area contributed by atoms with Crippen molar-refractivity contribution in [3.8, 4) is 55.6 Å². The average Bonchev–Trinajstić information content (AvgIpc) is 3.86. The topological polar surface area (TPSA) is 19.6 Å². The second kappa shape index (κ2) is 14.9. The highest BCUT2D eigenvalue weighted by molar-refractivity contribution is 6.09. The van der Waals surface area contributed by atoms with Crippen LogP contribution in [0.5, 0.6) is 0 Å². The van der Waals surface area contributed by atoms with Crippen LogP contribution in [-0.4, -0.2) is 0 Å². The Kier molecular flexibility index (Phi) is 8.28. The summed E-state index contributed by atoms with van der Waals surface area (Å²) in [6.07, 6.45) is 0. The summed E-state index contributed by atoms with van der Waals surface area (Å²) in [6, 6.07) is 94.0. The molecule has 1 unspecified atom stereocenters. The smallest absolute Gasteiger partial charge is 0.136 e. The predicted molar refractivity (Wildman–Crippen MR) is 289 cm³/mol. The van der Waals surface area contributed by atoms with E-state index in [1.807, 2.05) is 0 Å². The van der Waals surface area contributed by atoms with E-state index in [0.717, 1.165) is 56.1 Å². The largest absolute Gasteiger partial charge is 0.456 e. The summed E-state index contributed by atoms with van der Waals surface area (Å²) in [7, 11) is 0. The molecule has 3 aliphatic rings. The quantitative estimate of drug-likeness (QED) is 0.176. The van der Waals surface area contributed by atoms with Gasteiger partial charge in [-0.25, -0.2) is 0 Å². The Hall–Kier alpha value is -9.18. The monoisotopic (exact) mass is 890 g/mol. The van der Waals surface area contributed by atoms with Crippen molar-refractivity contribution in [1.82, 2.24) is 0 Å². The van der Waals surface area contributed by atoms with Crippen LogP contribution in [0.3, 0.4) is 0 Å². The number of furan rings is 1. The predicted octanol–water partition coefficient (Wildman–Crippen LogP) is 18.2. The first-order valence-electron chi connectivity index (χ1n) is 24.2. The number of fused-ring (bicyclic) bond motifs is 20. The molecule has 1 atom stereocenters. The summed E-state index contributed by atoms with van der Waals surface area (Å²) in [4.78, 5) is 4.87. The fourth-order valence-electron chi connectivity index (χ4n) is 12.4. The zero-order valence-corrected chi connectivity index (χ0v) is 38.1. The van der Waals surface area contributed by atoms with Crippen LogP contribution in [0.15, 0.2) is 259 Å². The first kappa shape index (κ1) is 38.9. The molecule has 3 heteroatoms. The maximum absolute atomic E-state index is 6.61. The molecule has 70 heavy (non-hydrogen) atoms. The Morgan fingerprint density at radius 3 is 1.50 bits per heavy atom. The number of para-hydroxylation sites is 4. The molecule has 0 amide bonds. The Morgan fingerprint density at radius 1 is 0.286 bits per heavy atom. The van der Waals surface area contributed by atoms with E-state index in [0.29, 0.717) is 0 Å². The molecule has 3 nitrogen and oxygen atoms in total. The fourth-order valence-corrected chi connectivity index (χ4v) is 12.4. The van der Waals surface area contributed by atoms with Crippen LogP contribution in [0.4, 0.5) is 34.1 Å². The standard InChI is InChI=1S/C67H42N2O/c1-3-19-43(20-4-1)68(46-36-38-64-57(40-46)50-26-10-8-24-48(50)53-29-13-17-33-63(53)69(64)44-21-5-2-6-22-44)45-35-37-61-55(39-45)49-25-9-7-23-47(49)51-27-11-15-31-59(51)67(61)60-32-16-12-28-52(60)56-42-66-58(41-62(56)67)54-30-14-18-34-65(54)70-66/h1-42H. The molecule has 11 aromatic carbocycles. The molecule has 0 saturated heterocycles. The van der Waals surface area contributed by atoms with E-state index in [1.165, 1.54) is 77.9 Å². The van der Waals surface area contributed by atoms with Gasteiger partial charge in [0.2, 0.25) is 0 Å². The lowest BCUT2D eigenvalue weighted by atomic mass is 9.65. The molecule has 326 valence electrons. The maximum atomic E-state index is 6.61. The van der Waals surface area contributed by atoms with Crippen LogP contribution in [0.1, 0.15) is 22.3 Å². The minimum atomic E-state index is -0.650. The van der Waals surface area contributed by atoms with Crippen LogP contribution in [-0.2, 0) is 5.41 Å². The minimum absolute atomic E-state index is 0.650. The van der Waals surface area contributed by atoms with E-state index >= 15 is 0 Å². The maximum Gasteiger partial charge on any atom is 0.136 e. The van der Waals surface area contributed by atoms with Crippen molar-refractivity contribution >= 4 is 56.1 Å². The van der Waals surface area contributed by atoms with Gasteiger partial charge < -0.3 is 14.2 Å². The van der Waals surface area contributed by atoms with Crippen molar-refractivity contribution in [2.75, 3.05) is 9.80 Å². The fraction of sp³-hybridized carbons (Fsp3) is 0.0149. The molecule has 1 aromatic heterocycles. The molecule has 0 saturated carbocycles. The van der Waals surface area contributed by atoms with Gasteiger partial charge in [0, 0.05) is 44.6 Å². The molecule has 12 aromatic rings. The third-order valence-corrected chi connectivity index (χ3v) is 15.2. The van der Waals surface area contributed by atoms with Gasteiger partial charge in [0.15, 0.2) is 0 Å². The summed E-state index contributed by atoms with van der Waals surface area (Å²) < 4.78 is 6.61. The van der Waals surface area contributed by atoms with Gasteiger partial charge in [0.05, 0.1) is 16.8 Å². The van der Waals surface area contributed by atoms with E-state index in [4.69, 9.17) is 4.42 Å². The van der Waals surface area contributed by atoms with Crippen molar-refractivity contribution in [3.05, 3.63) is 277 Å².